The van der Waals surface area contributed by atoms with Gasteiger partial charge in [0.15, 0.2) is 25.0 Å². The van der Waals surface area contributed by atoms with Gasteiger partial charge in [-0.2, -0.15) is 0 Å². The molecule has 2 amide bonds. The van der Waals surface area contributed by atoms with Gasteiger partial charge >= 0.3 is 11.9 Å². The molecule has 20 nitrogen and oxygen atoms in total. The first-order chi connectivity index (χ1) is 42.1. The van der Waals surface area contributed by atoms with Gasteiger partial charge in [0.25, 0.3) is 11.8 Å². The van der Waals surface area contributed by atoms with Crippen molar-refractivity contribution in [3.8, 4) is 0 Å². The lowest BCUT2D eigenvalue weighted by Gasteiger charge is -2.20. The van der Waals surface area contributed by atoms with Crippen LogP contribution in [0.3, 0.4) is 0 Å². The van der Waals surface area contributed by atoms with Crippen molar-refractivity contribution in [1.29, 1.82) is 0 Å². The van der Waals surface area contributed by atoms with Crippen LogP contribution in [0.5, 0.6) is 0 Å². The van der Waals surface area contributed by atoms with Crippen molar-refractivity contribution in [1.82, 2.24) is 29.5 Å². The predicted octanol–water partition coefficient (Wildman–Crippen LogP) is 13.1. The zero-order valence-electron chi connectivity index (χ0n) is 51.5. The summed E-state index contributed by atoms with van der Waals surface area (Å²) in [5.74, 6) is -2.18. The number of carbonyl (C=O) groups is 4. The molecule has 4 aromatic rings. The molecule has 2 unspecified atom stereocenters. The summed E-state index contributed by atoms with van der Waals surface area (Å²) >= 11 is 0. The summed E-state index contributed by atoms with van der Waals surface area (Å²) < 4.78 is 51.2. The number of benzene rings is 2. The van der Waals surface area contributed by atoms with Crippen molar-refractivity contribution in [2.75, 3.05) is 13.2 Å². The Bertz CT molecular complexity index is 2360. The van der Waals surface area contributed by atoms with E-state index in [1.807, 2.05) is 60.7 Å². The first kappa shape index (κ1) is 67.9. The van der Waals surface area contributed by atoms with Crippen LogP contribution in [-0.2, 0) is 47.5 Å². The molecular weight excluding hydrogens is 1100 g/mol. The van der Waals surface area contributed by atoms with Crippen molar-refractivity contribution in [3.05, 3.63) is 96.1 Å². The third-order valence-electron chi connectivity index (χ3n) is 16.6. The number of primary amides is 2. The fourth-order valence-corrected chi connectivity index (χ4v) is 11.7. The molecule has 6 heterocycles. The van der Waals surface area contributed by atoms with Crippen LogP contribution in [0.15, 0.2) is 73.3 Å². The van der Waals surface area contributed by atoms with Crippen LogP contribution in [0.4, 0.5) is 0 Å². The quantitative estimate of drug-likeness (QED) is 0.0309. The maximum absolute atomic E-state index is 12.5. The monoisotopic (exact) mass is 1200 g/mol. The maximum atomic E-state index is 12.5. The SMILES string of the molecule is CCCCCCCCCCCCCCCCCC(=O)OC[C@H]1O[C@@H](n2cnc(C(N)=O)n2)[C@@H]2O[C@@H](c3ccccc3)OC21.CCCCCCCCCCCCCCCCCC(=O)OC[C@H]1O[C@@H](n2cnc(C(N)=O)n2)[C@@H]2O[C@@H](c3ccccc3)OC21. The van der Waals surface area contributed by atoms with Gasteiger partial charge in [-0.1, -0.05) is 254 Å². The van der Waals surface area contributed by atoms with E-state index in [4.69, 9.17) is 49.4 Å². The Morgan fingerprint density at radius 1 is 0.407 bits per heavy atom. The molecule has 20 heteroatoms. The third kappa shape index (κ3) is 22.5. The molecule has 476 valence electrons. The van der Waals surface area contributed by atoms with E-state index >= 15 is 0 Å². The van der Waals surface area contributed by atoms with Crippen molar-refractivity contribution in [2.24, 2.45) is 11.5 Å². The number of nitrogens with zero attached hydrogens (tertiary/aromatic N) is 6. The van der Waals surface area contributed by atoms with Gasteiger partial charge in [0.05, 0.1) is 0 Å². The fraction of sp³-hybridized carbons (Fsp3) is 0.697. The Morgan fingerprint density at radius 3 is 0.988 bits per heavy atom. The van der Waals surface area contributed by atoms with Crippen LogP contribution >= 0.6 is 0 Å². The molecule has 0 spiro atoms. The number of nitrogens with two attached hydrogens (primary N) is 2. The molecule has 4 fully saturated rings. The molecule has 8 rings (SSSR count). The van der Waals surface area contributed by atoms with E-state index in [-0.39, 0.29) is 36.8 Å². The number of unbranched alkanes of at least 4 members (excludes halogenated alkanes) is 28. The summed E-state index contributed by atoms with van der Waals surface area (Å²) in [5.41, 5.74) is 12.4. The van der Waals surface area contributed by atoms with Crippen molar-refractivity contribution >= 4 is 23.8 Å². The molecule has 0 aliphatic carbocycles. The zero-order chi connectivity index (χ0) is 60.6. The van der Waals surface area contributed by atoms with Gasteiger partial charge in [-0.05, 0) is 12.8 Å². The van der Waals surface area contributed by atoms with E-state index in [2.05, 4.69) is 34.0 Å². The Labute approximate surface area is 510 Å². The summed E-state index contributed by atoms with van der Waals surface area (Å²) in [6.45, 7) is 4.61. The summed E-state index contributed by atoms with van der Waals surface area (Å²) in [4.78, 5) is 56.0. The van der Waals surface area contributed by atoms with Crippen molar-refractivity contribution < 1.29 is 57.1 Å². The van der Waals surface area contributed by atoms with E-state index in [0.717, 1.165) is 49.7 Å². The number of esters is 2. The van der Waals surface area contributed by atoms with Gasteiger partial charge in [0.2, 0.25) is 11.6 Å². The molecule has 4 aliphatic rings. The summed E-state index contributed by atoms with van der Waals surface area (Å²) in [7, 11) is 0. The molecule has 2 aromatic heterocycles. The average Bonchev–Trinajstić information content (AvgIpc) is 2.07. The van der Waals surface area contributed by atoms with Gasteiger partial charge in [0, 0.05) is 24.0 Å². The van der Waals surface area contributed by atoms with Gasteiger partial charge < -0.3 is 49.4 Å². The van der Waals surface area contributed by atoms with Gasteiger partial charge in [-0.3, -0.25) is 19.2 Å². The normalized spacial score (nSPS) is 23.0. The van der Waals surface area contributed by atoms with E-state index in [9.17, 15) is 19.2 Å². The molecule has 86 heavy (non-hydrogen) atoms. The summed E-state index contributed by atoms with van der Waals surface area (Å²) in [5, 5.41) is 8.29. The Hall–Kier alpha value is -5.64. The number of hydrogen-bond acceptors (Lipinski definition) is 16. The number of carbonyl (C=O) groups excluding carboxylic acids is 4. The Balaban J connectivity index is 0.000000246. The highest BCUT2D eigenvalue weighted by Crippen LogP contribution is 2.45. The molecule has 4 N–H and O–H groups in total. The highest BCUT2D eigenvalue weighted by molar-refractivity contribution is 5.88. The Kier molecular flexibility index (Phi) is 30.5. The lowest BCUT2D eigenvalue weighted by Crippen LogP contribution is -2.32. The standard InChI is InChI=1S/2C33H50N4O6/c2*1-2-3-4-5-6-7-8-9-10-11-12-13-14-15-19-22-27(38)40-23-26-28-29(43-33(42-28)25-20-17-16-18-21-25)32(41-26)37-24-35-31(36-37)30(34)39/h2*16-18,20-21,24,26,28-29,32-33H,2-15,19,22-23H2,1H3,(H2,34,39)/t2*26-,28?,29-,32-,33+/m11/s1. The van der Waals surface area contributed by atoms with Crippen LogP contribution in [0.25, 0.3) is 0 Å². The van der Waals surface area contributed by atoms with Crippen LogP contribution < -0.4 is 11.5 Å². The molecule has 4 aliphatic heterocycles. The van der Waals surface area contributed by atoms with Gasteiger partial charge in [0.1, 0.15) is 62.5 Å². The van der Waals surface area contributed by atoms with Crippen LogP contribution in [-0.4, -0.2) is 103 Å². The largest absolute Gasteiger partial charge is 0.463 e. The molecule has 4 saturated heterocycles. The first-order valence-electron chi connectivity index (χ1n) is 32.9. The van der Waals surface area contributed by atoms with E-state index in [1.54, 1.807) is 0 Å². The van der Waals surface area contributed by atoms with Crippen LogP contribution in [0, 0.1) is 0 Å². The minimum atomic E-state index is -0.733. The molecule has 0 radical (unpaired) electrons. The topological polar surface area (TPSA) is 256 Å². The smallest absolute Gasteiger partial charge is 0.305 e. The van der Waals surface area contributed by atoms with E-state index < -0.39 is 73.5 Å². The van der Waals surface area contributed by atoms with E-state index in [0.29, 0.717) is 12.8 Å². The van der Waals surface area contributed by atoms with Gasteiger partial charge in [-0.25, -0.2) is 19.3 Å². The van der Waals surface area contributed by atoms with Crippen molar-refractivity contribution in [3.63, 3.8) is 0 Å². The van der Waals surface area contributed by atoms with E-state index in [1.165, 1.54) is 176 Å². The average molecular weight is 1200 g/mol. The second kappa shape index (κ2) is 38.6. The highest BCUT2D eigenvalue weighted by Gasteiger charge is 2.56. The van der Waals surface area contributed by atoms with Crippen LogP contribution in [0.1, 0.15) is 277 Å². The second-order valence-electron chi connectivity index (χ2n) is 23.6. The number of amides is 2. The number of rotatable bonds is 42. The molecule has 2 aromatic carbocycles. The highest BCUT2D eigenvalue weighted by atomic mass is 16.8. The molecular formula is C66H100N8O12. The zero-order valence-corrected chi connectivity index (χ0v) is 51.5. The first-order valence-corrected chi connectivity index (χ1v) is 32.9. The Morgan fingerprint density at radius 2 is 0.698 bits per heavy atom. The maximum Gasteiger partial charge on any atom is 0.305 e. The predicted molar refractivity (Wildman–Crippen MR) is 324 cm³/mol. The number of ether oxygens (including phenoxy) is 8. The fourth-order valence-electron chi connectivity index (χ4n) is 11.7. The minimum absolute atomic E-state index is 0.0392. The van der Waals surface area contributed by atoms with Crippen molar-refractivity contribution in [2.45, 2.75) is 281 Å². The summed E-state index contributed by atoms with van der Waals surface area (Å²) in [6.07, 6.45) is 36.2. The molecule has 0 saturated carbocycles. The summed E-state index contributed by atoms with van der Waals surface area (Å²) in [6, 6.07) is 19.2. The number of aromatic nitrogens is 6. The number of fused-ring (bicyclic) bond motifs is 2. The second-order valence-corrected chi connectivity index (χ2v) is 23.6. The lowest BCUT2D eigenvalue weighted by molar-refractivity contribution is -0.168. The molecule has 0 bridgehead atoms. The van der Waals surface area contributed by atoms with Gasteiger partial charge in [-0.15, -0.1) is 10.2 Å². The molecule has 10 atom stereocenters. The minimum Gasteiger partial charge on any atom is -0.463 e. The lowest BCUT2D eigenvalue weighted by atomic mass is 10.0. The number of hydrogen-bond donors (Lipinski definition) is 2. The third-order valence-corrected chi connectivity index (χ3v) is 16.6. The van der Waals surface area contributed by atoms with Crippen LogP contribution in [0.2, 0.25) is 0 Å².